The number of rotatable bonds is 5. The summed E-state index contributed by atoms with van der Waals surface area (Å²) in [5, 5.41) is 11.6. The van der Waals surface area contributed by atoms with Crippen LogP contribution in [0.25, 0.3) is 0 Å². The second-order valence-electron chi connectivity index (χ2n) is 4.98. The van der Waals surface area contributed by atoms with Crippen molar-refractivity contribution in [3.63, 3.8) is 0 Å². The lowest BCUT2D eigenvalue weighted by Gasteiger charge is -2.32. The number of carbonyl (C=O) groups is 1. The van der Waals surface area contributed by atoms with Gasteiger partial charge in [-0.1, -0.05) is 0 Å². The number of aryl methyl sites for hydroxylation is 1. The van der Waals surface area contributed by atoms with E-state index in [1.54, 1.807) is 6.20 Å². The topological polar surface area (TPSA) is 78.4 Å². The van der Waals surface area contributed by atoms with E-state index in [4.69, 9.17) is 5.11 Å². The quantitative estimate of drug-likeness (QED) is 0.814. The first-order valence-electron chi connectivity index (χ1n) is 6.62. The maximum Gasteiger partial charge on any atom is 0.317 e. The highest BCUT2D eigenvalue weighted by molar-refractivity contribution is 5.68. The molecule has 1 fully saturated rings. The Morgan fingerprint density at radius 3 is 3.21 bits per heavy atom. The molecule has 1 aromatic rings. The number of aliphatic carboxylic acids is 1. The smallest absolute Gasteiger partial charge is 0.317 e. The Morgan fingerprint density at radius 1 is 1.63 bits per heavy atom. The van der Waals surface area contributed by atoms with Crippen LogP contribution in [-0.4, -0.2) is 47.2 Å². The largest absolute Gasteiger partial charge is 0.480 e. The van der Waals surface area contributed by atoms with Crippen molar-refractivity contribution in [2.45, 2.75) is 19.8 Å². The molecular formula is C13H20N4O2. The average Bonchev–Trinajstić information content (AvgIpc) is 2.39. The van der Waals surface area contributed by atoms with E-state index in [0.717, 1.165) is 44.1 Å². The zero-order valence-corrected chi connectivity index (χ0v) is 11.2. The molecule has 0 aliphatic carbocycles. The molecule has 0 radical (unpaired) electrons. The van der Waals surface area contributed by atoms with Crippen molar-refractivity contribution in [3.05, 3.63) is 18.0 Å². The Labute approximate surface area is 112 Å². The Balaban J connectivity index is 1.88. The molecule has 0 aromatic carbocycles. The summed E-state index contributed by atoms with van der Waals surface area (Å²) in [7, 11) is 0. The third-order valence-corrected chi connectivity index (χ3v) is 3.29. The molecular weight excluding hydrogens is 244 g/mol. The lowest BCUT2D eigenvalue weighted by Crippen LogP contribution is -2.41. The van der Waals surface area contributed by atoms with Crippen molar-refractivity contribution >= 4 is 11.9 Å². The van der Waals surface area contributed by atoms with Crippen LogP contribution in [0.2, 0.25) is 0 Å². The van der Waals surface area contributed by atoms with Crippen LogP contribution in [-0.2, 0) is 4.79 Å². The fraction of sp³-hybridized carbons (Fsp3) is 0.615. The average molecular weight is 264 g/mol. The van der Waals surface area contributed by atoms with Gasteiger partial charge in [0.1, 0.15) is 0 Å². The second kappa shape index (κ2) is 6.47. The predicted molar refractivity (Wildman–Crippen MR) is 72.2 cm³/mol. The number of nitrogens with zero attached hydrogens (tertiary/aromatic N) is 3. The molecule has 6 nitrogen and oxygen atoms in total. The summed E-state index contributed by atoms with van der Waals surface area (Å²) in [4.78, 5) is 21.4. The highest BCUT2D eigenvalue weighted by Gasteiger charge is 2.21. The number of hydrogen-bond donors (Lipinski definition) is 2. The summed E-state index contributed by atoms with van der Waals surface area (Å²) in [6.45, 7) is 4.57. The van der Waals surface area contributed by atoms with Gasteiger partial charge < -0.3 is 15.3 Å². The summed E-state index contributed by atoms with van der Waals surface area (Å²) in [6.07, 6.45) is 4.00. The van der Waals surface area contributed by atoms with E-state index < -0.39 is 5.97 Å². The van der Waals surface area contributed by atoms with E-state index in [-0.39, 0.29) is 6.54 Å². The first-order valence-corrected chi connectivity index (χ1v) is 6.62. The van der Waals surface area contributed by atoms with Gasteiger partial charge in [0, 0.05) is 31.5 Å². The molecule has 1 aliphatic rings. The Kier molecular flexibility index (Phi) is 4.68. The normalized spacial score (nSPS) is 19.4. The van der Waals surface area contributed by atoms with Crippen molar-refractivity contribution in [3.8, 4) is 0 Å². The van der Waals surface area contributed by atoms with Gasteiger partial charge in [-0.15, -0.1) is 0 Å². The third kappa shape index (κ3) is 4.17. The molecule has 0 saturated carbocycles. The van der Waals surface area contributed by atoms with Gasteiger partial charge in [-0.25, -0.2) is 9.97 Å². The van der Waals surface area contributed by atoms with Crippen LogP contribution in [0, 0.1) is 12.8 Å². The zero-order valence-electron chi connectivity index (χ0n) is 11.2. The van der Waals surface area contributed by atoms with Gasteiger partial charge in [0.25, 0.3) is 0 Å². The van der Waals surface area contributed by atoms with Gasteiger partial charge >= 0.3 is 5.97 Å². The minimum atomic E-state index is -0.810. The molecule has 1 aliphatic heterocycles. The Bertz CT molecular complexity index is 438. The monoisotopic (exact) mass is 264 g/mol. The maximum atomic E-state index is 10.5. The first-order chi connectivity index (χ1) is 9.15. The van der Waals surface area contributed by atoms with Gasteiger partial charge in [-0.3, -0.25) is 4.79 Å². The molecule has 0 spiro atoms. The molecule has 6 heteroatoms. The van der Waals surface area contributed by atoms with Crippen LogP contribution in [0.15, 0.2) is 12.3 Å². The number of carboxylic acids is 1. The molecule has 2 N–H and O–H groups in total. The van der Waals surface area contributed by atoms with Gasteiger partial charge in [0.05, 0.1) is 6.54 Å². The third-order valence-electron chi connectivity index (χ3n) is 3.29. The van der Waals surface area contributed by atoms with E-state index in [0.29, 0.717) is 5.92 Å². The molecule has 0 amide bonds. The molecule has 19 heavy (non-hydrogen) atoms. The van der Waals surface area contributed by atoms with E-state index in [9.17, 15) is 4.79 Å². The minimum Gasteiger partial charge on any atom is -0.480 e. The molecule has 1 unspecified atom stereocenters. The fourth-order valence-electron chi connectivity index (χ4n) is 2.38. The summed E-state index contributed by atoms with van der Waals surface area (Å²) < 4.78 is 0. The number of piperidine rings is 1. The summed E-state index contributed by atoms with van der Waals surface area (Å²) in [5.74, 6) is 0.426. The number of nitrogens with one attached hydrogen (secondary N) is 1. The zero-order chi connectivity index (χ0) is 13.7. The van der Waals surface area contributed by atoms with Crippen LogP contribution >= 0.6 is 0 Å². The molecule has 2 heterocycles. The van der Waals surface area contributed by atoms with Crippen LogP contribution in [0.1, 0.15) is 18.5 Å². The Morgan fingerprint density at radius 2 is 2.47 bits per heavy atom. The number of aromatic nitrogens is 2. The predicted octanol–water partition coefficient (Wildman–Crippen LogP) is 0.676. The summed E-state index contributed by atoms with van der Waals surface area (Å²) >= 11 is 0. The second-order valence-corrected chi connectivity index (χ2v) is 4.98. The number of anilines is 1. The molecule has 2 rings (SSSR count). The molecule has 1 atom stereocenters. The van der Waals surface area contributed by atoms with Crippen LogP contribution in [0.4, 0.5) is 5.95 Å². The van der Waals surface area contributed by atoms with Crippen molar-refractivity contribution in [1.29, 1.82) is 0 Å². The molecule has 0 bridgehead atoms. The van der Waals surface area contributed by atoms with Gasteiger partial charge in [-0.05, 0) is 31.7 Å². The van der Waals surface area contributed by atoms with Crippen molar-refractivity contribution in [2.75, 3.05) is 31.1 Å². The van der Waals surface area contributed by atoms with Gasteiger partial charge in [0.15, 0.2) is 0 Å². The first kappa shape index (κ1) is 13.7. The maximum absolute atomic E-state index is 10.5. The van der Waals surface area contributed by atoms with E-state index in [1.807, 2.05) is 13.0 Å². The van der Waals surface area contributed by atoms with Crippen LogP contribution in [0.3, 0.4) is 0 Å². The lowest BCUT2D eigenvalue weighted by molar-refractivity contribution is -0.136. The summed E-state index contributed by atoms with van der Waals surface area (Å²) in [5.41, 5.74) is 0.969. The van der Waals surface area contributed by atoms with Crippen molar-refractivity contribution in [2.24, 2.45) is 5.92 Å². The molecule has 1 aromatic heterocycles. The molecule has 104 valence electrons. The van der Waals surface area contributed by atoms with E-state index in [2.05, 4.69) is 20.2 Å². The van der Waals surface area contributed by atoms with Crippen molar-refractivity contribution < 1.29 is 9.90 Å². The fourth-order valence-corrected chi connectivity index (χ4v) is 2.38. The standard InChI is InChI=1S/C13H20N4O2/c1-10-4-5-15-13(16-10)17-6-2-3-11(9-17)7-14-8-12(18)19/h4-5,11,14H,2-3,6-9H2,1H3,(H,18,19). The lowest BCUT2D eigenvalue weighted by atomic mass is 9.98. The number of hydrogen-bond acceptors (Lipinski definition) is 5. The SMILES string of the molecule is Cc1ccnc(N2CCCC(CNCC(=O)O)C2)n1. The van der Waals surface area contributed by atoms with Gasteiger partial charge in [0.2, 0.25) is 5.95 Å². The van der Waals surface area contributed by atoms with Crippen LogP contribution in [0.5, 0.6) is 0 Å². The Hall–Kier alpha value is -1.69. The highest BCUT2D eigenvalue weighted by atomic mass is 16.4. The van der Waals surface area contributed by atoms with Crippen molar-refractivity contribution in [1.82, 2.24) is 15.3 Å². The summed E-state index contributed by atoms with van der Waals surface area (Å²) in [6, 6.07) is 1.89. The minimum absolute atomic E-state index is 0.0252. The van der Waals surface area contributed by atoms with E-state index in [1.165, 1.54) is 0 Å². The van der Waals surface area contributed by atoms with Crippen LogP contribution < -0.4 is 10.2 Å². The van der Waals surface area contributed by atoms with Gasteiger partial charge in [-0.2, -0.15) is 0 Å². The van der Waals surface area contributed by atoms with E-state index >= 15 is 0 Å². The number of carboxylic acid groups (broad SMARTS) is 1. The highest BCUT2D eigenvalue weighted by Crippen LogP contribution is 2.19. The molecule has 1 saturated heterocycles.